The number of aromatic nitrogens is 2. The predicted octanol–water partition coefficient (Wildman–Crippen LogP) is 2.82. The third kappa shape index (κ3) is 5.90. The molecule has 2 aromatic rings. The molecular formula is C17H20F3N3O2. The first-order valence-corrected chi connectivity index (χ1v) is 7.88. The Kier molecular flexibility index (Phi) is 6.58. The summed E-state index contributed by atoms with van der Waals surface area (Å²) in [7, 11) is 1.34. The van der Waals surface area contributed by atoms with E-state index in [2.05, 4.69) is 10.4 Å². The van der Waals surface area contributed by atoms with Crippen LogP contribution >= 0.6 is 0 Å². The molecule has 0 aliphatic carbocycles. The van der Waals surface area contributed by atoms with Crippen molar-refractivity contribution < 1.29 is 22.7 Å². The van der Waals surface area contributed by atoms with E-state index >= 15 is 0 Å². The molecule has 1 amide bonds. The van der Waals surface area contributed by atoms with E-state index < -0.39 is 23.3 Å². The molecule has 0 aliphatic heterocycles. The Morgan fingerprint density at radius 2 is 1.96 bits per heavy atom. The highest BCUT2D eigenvalue weighted by molar-refractivity contribution is 5.95. The van der Waals surface area contributed by atoms with Crippen LogP contribution in [0.15, 0.2) is 36.5 Å². The van der Waals surface area contributed by atoms with Gasteiger partial charge in [-0.05, 0) is 18.4 Å². The van der Waals surface area contributed by atoms with Crippen LogP contribution in [0.2, 0.25) is 0 Å². The van der Waals surface area contributed by atoms with Crippen LogP contribution in [0.4, 0.5) is 13.2 Å². The molecule has 0 aliphatic rings. The summed E-state index contributed by atoms with van der Waals surface area (Å²) in [5, 5.41) is 5.77. The smallest absolute Gasteiger partial charge is 0.381 e. The van der Waals surface area contributed by atoms with Gasteiger partial charge in [0, 0.05) is 26.4 Å². The second kappa shape index (κ2) is 8.66. The van der Waals surface area contributed by atoms with E-state index in [0.29, 0.717) is 19.6 Å². The zero-order valence-corrected chi connectivity index (χ0v) is 13.8. The molecule has 2 rings (SSSR count). The number of nitrogens with one attached hydrogen (secondary N) is 1. The first-order valence-electron chi connectivity index (χ1n) is 7.88. The second-order valence-electron chi connectivity index (χ2n) is 5.52. The largest absolute Gasteiger partial charge is 0.435 e. The van der Waals surface area contributed by atoms with Crippen molar-refractivity contribution in [2.75, 3.05) is 19.8 Å². The van der Waals surface area contributed by atoms with Crippen molar-refractivity contribution >= 4 is 5.91 Å². The molecule has 25 heavy (non-hydrogen) atoms. The zero-order chi connectivity index (χ0) is 18.3. The fraction of sp³-hybridized carbons (Fsp3) is 0.412. The minimum Gasteiger partial charge on any atom is -0.381 e. The lowest BCUT2D eigenvalue weighted by molar-refractivity contribution is -0.141. The van der Waals surface area contributed by atoms with Gasteiger partial charge in [0.2, 0.25) is 0 Å². The SMILES string of the molecule is Cn1cc(C(=O)NCCCOCCc2ccccc2)c(C(F)(F)F)n1. The van der Waals surface area contributed by atoms with Gasteiger partial charge in [-0.25, -0.2) is 0 Å². The van der Waals surface area contributed by atoms with Crippen LogP contribution in [0.5, 0.6) is 0 Å². The molecule has 0 radical (unpaired) electrons. The number of nitrogens with zero attached hydrogens (tertiary/aromatic N) is 2. The zero-order valence-electron chi connectivity index (χ0n) is 13.8. The van der Waals surface area contributed by atoms with Gasteiger partial charge in [-0.15, -0.1) is 0 Å². The molecular weight excluding hydrogens is 335 g/mol. The second-order valence-corrected chi connectivity index (χ2v) is 5.52. The molecule has 0 fully saturated rings. The molecule has 1 aromatic carbocycles. The fourth-order valence-corrected chi connectivity index (χ4v) is 2.27. The van der Waals surface area contributed by atoms with Gasteiger partial charge in [0.15, 0.2) is 5.69 Å². The number of hydrogen-bond acceptors (Lipinski definition) is 3. The van der Waals surface area contributed by atoms with Crippen LogP contribution in [-0.2, 0) is 24.4 Å². The van der Waals surface area contributed by atoms with Crippen LogP contribution in [0.25, 0.3) is 0 Å². The summed E-state index contributed by atoms with van der Waals surface area (Å²) in [5.74, 6) is -0.787. The number of carbonyl (C=O) groups excluding carboxylic acids is 1. The van der Waals surface area contributed by atoms with Crippen LogP contribution in [0, 0.1) is 0 Å². The van der Waals surface area contributed by atoms with Crippen LogP contribution in [0.1, 0.15) is 28.0 Å². The first kappa shape index (κ1) is 19.0. The number of amides is 1. The summed E-state index contributed by atoms with van der Waals surface area (Å²) in [5.41, 5.74) is -0.473. The molecule has 0 unspecified atom stereocenters. The van der Waals surface area contributed by atoms with Crippen molar-refractivity contribution in [1.29, 1.82) is 0 Å². The maximum atomic E-state index is 12.8. The summed E-state index contributed by atoms with van der Waals surface area (Å²) in [6.07, 6.45) is -2.29. The van der Waals surface area contributed by atoms with E-state index in [0.717, 1.165) is 17.3 Å². The van der Waals surface area contributed by atoms with E-state index in [1.807, 2.05) is 30.3 Å². The van der Waals surface area contributed by atoms with Gasteiger partial charge in [0.05, 0.1) is 12.2 Å². The van der Waals surface area contributed by atoms with Crippen LogP contribution in [0.3, 0.4) is 0 Å². The van der Waals surface area contributed by atoms with E-state index in [-0.39, 0.29) is 6.54 Å². The van der Waals surface area contributed by atoms with Gasteiger partial charge in [0.1, 0.15) is 0 Å². The Balaban J connectivity index is 1.68. The molecule has 1 N–H and O–H groups in total. The van der Waals surface area contributed by atoms with Crippen molar-refractivity contribution in [2.24, 2.45) is 7.05 Å². The molecule has 136 valence electrons. The van der Waals surface area contributed by atoms with Gasteiger partial charge in [-0.2, -0.15) is 18.3 Å². The highest BCUT2D eigenvalue weighted by atomic mass is 19.4. The van der Waals surface area contributed by atoms with Crippen molar-refractivity contribution in [2.45, 2.75) is 19.0 Å². The van der Waals surface area contributed by atoms with Crippen molar-refractivity contribution in [3.8, 4) is 0 Å². The number of hydrogen-bond donors (Lipinski definition) is 1. The van der Waals surface area contributed by atoms with Crippen molar-refractivity contribution in [1.82, 2.24) is 15.1 Å². The number of alkyl halides is 3. The van der Waals surface area contributed by atoms with Gasteiger partial charge < -0.3 is 10.1 Å². The third-order valence-corrected chi connectivity index (χ3v) is 3.47. The Labute approximate surface area is 143 Å². The Bertz CT molecular complexity index is 684. The molecule has 1 aromatic heterocycles. The average molecular weight is 355 g/mol. The summed E-state index contributed by atoms with van der Waals surface area (Å²) < 4.78 is 44.9. The van der Waals surface area contributed by atoms with E-state index in [9.17, 15) is 18.0 Å². The molecule has 0 atom stereocenters. The summed E-state index contributed by atoms with van der Waals surface area (Å²) in [6, 6.07) is 9.88. The number of ether oxygens (including phenoxy) is 1. The lowest BCUT2D eigenvalue weighted by atomic mass is 10.2. The van der Waals surface area contributed by atoms with Gasteiger partial charge in [0.25, 0.3) is 5.91 Å². The number of halogens is 3. The van der Waals surface area contributed by atoms with Gasteiger partial charge in [-0.1, -0.05) is 30.3 Å². The maximum absolute atomic E-state index is 12.8. The normalized spacial score (nSPS) is 11.5. The monoisotopic (exact) mass is 355 g/mol. The highest BCUT2D eigenvalue weighted by Crippen LogP contribution is 2.30. The fourth-order valence-electron chi connectivity index (χ4n) is 2.27. The predicted molar refractivity (Wildman–Crippen MR) is 86.1 cm³/mol. The molecule has 1 heterocycles. The molecule has 0 saturated carbocycles. The minimum absolute atomic E-state index is 0.233. The molecule has 8 heteroatoms. The lowest BCUT2D eigenvalue weighted by Gasteiger charge is -2.08. The molecule has 5 nitrogen and oxygen atoms in total. The number of carbonyl (C=O) groups is 1. The third-order valence-electron chi connectivity index (χ3n) is 3.47. The van der Waals surface area contributed by atoms with E-state index in [1.54, 1.807) is 0 Å². The Hall–Kier alpha value is -2.35. The van der Waals surface area contributed by atoms with Crippen molar-refractivity contribution in [3.63, 3.8) is 0 Å². The standard InChI is InChI=1S/C17H20F3N3O2/c1-23-12-14(15(22-23)17(18,19)20)16(24)21-9-5-10-25-11-8-13-6-3-2-4-7-13/h2-4,6-7,12H,5,8-11H2,1H3,(H,21,24). The lowest BCUT2D eigenvalue weighted by Crippen LogP contribution is -2.27. The van der Waals surface area contributed by atoms with Crippen LogP contribution < -0.4 is 5.32 Å². The molecule has 0 spiro atoms. The summed E-state index contributed by atoms with van der Waals surface area (Å²) in [6.45, 7) is 1.21. The quantitative estimate of drug-likeness (QED) is 0.741. The first-order chi connectivity index (χ1) is 11.9. The Morgan fingerprint density at radius 1 is 1.24 bits per heavy atom. The minimum atomic E-state index is -4.66. The van der Waals surface area contributed by atoms with Gasteiger partial charge in [-0.3, -0.25) is 9.48 Å². The summed E-state index contributed by atoms with van der Waals surface area (Å²) in [4.78, 5) is 11.9. The van der Waals surface area contributed by atoms with Gasteiger partial charge >= 0.3 is 6.18 Å². The van der Waals surface area contributed by atoms with Crippen LogP contribution in [-0.4, -0.2) is 35.4 Å². The maximum Gasteiger partial charge on any atom is 0.435 e. The van der Waals surface area contributed by atoms with Crippen molar-refractivity contribution in [3.05, 3.63) is 53.3 Å². The topological polar surface area (TPSA) is 56.2 Å². The highest BCUT2D eigenvalue weighted by Gasteiger charge is 2.38. The van der Waals surface area contributed by atoms with E-state index in [4.69, 9.17) is 4.74 Å². The Morgan fingerprint density at radius 3 is 2.64 bits per heavy atom. The molecule has 0 saturated heterocycles. The summed E-state index contributed by atoms with van der Waals surface area (Å²) >= 11 is 0. The average Bonchev–Trinajstić information content (AvgIpc) is 2.97. The number of benzene rings is 1. The molecule has 0 bridgehead atoms. The van der Waals surface area contributed by atoms with E-state index in [1.165, 1.54) is 12.6 Å². The number of aryl methyl sites for hydroxylation is 1. The number of rotatable bonds is 8.